The number of nitrogens with one attached hydrogen (secondary N) is 1. The molecule has 0 heterocycles. The van der Waals surface area contributed by atoms with Crippen molar-refractivity contribution in [3.8, 4) is 0 Å². The van der Waals surface area contributed by atoms with Crippen molar-refractivity contribution in [3.63, 3.8) is 0 Å². The fourth-order valence-electron chi connectivity index (χ4n) is 2.58. The second-order valence-electron chi connectivity index (χ2n) is 6.55. The summed E-state index contributed by atoms with van der Waals surface area (Å²) in [4.78, 5) is 12.2. The van der Waals surface area contributed by atoms with Crippen LogP contribution >= 0.6 is 23.4 Å². The molecule has 0 atom stereocenters. The summed E-state index contributed by atoms with van der Waals surface area (Å²) < 4.78 is 38.3. The maximum atomic E-state index is 13.3. The fraction of sp³-hybridized carbons (Fsp3) is 0.350. The van der Waals surface area contributed by atoms with Crippen molar-refractivity contribution >= 4 is 45.0 Å². The molecule has 29 heavy (non-hydrogen) atoms. The van der Waals surface area contributed by atoms with Crippen LogP contribution in [0.1, 0.15) is 17.5 Å². The van der Waals surface area contributed by atoms with Gasteiger partial charge in [-0.15, -0.1) is 0 Å². The van der Waals surface area contributed by atoms with Crippen molar-refractivity contribution in [3.05, 3.63) is 64.4 Å². The summed E-state index contributed by atoms with van der Waals surface area (Å²) in [5.74, 6) is 0.697. The highest BCUT2D eigenvalue weighted by molar-refractivity contribution is 7.98. The molecular formula is C20H24ClFN2O3S2. The van der Waals surface area contributed by atoms with E-state index in [1.807, 2.05) is 12.1 Å². The van der Waals surface area contributed by atoms with Gasteiger partial charge in [0.25, 0.3) is 0 Å². The van der Waals surface area contributed by atoms with Crippen LogP contribution in [0.4, 0.5) is 10.1 Å². The van der Waals surface area contributed by atoms with E-state index < -0.39 is 28.3 Å². The molecule has 2 rings (SSSR count). The van der Waals surface area contributed by atoms with Gasteiger partial charge in [0.05, 0.1) is 17.0 Å². The van der Waals surface area contributed by atoms with E-state index in [2.05, 4.69) is 24.4 Å². The van der Waals surface area contributed by atoms with Crippen molar-refractivity contribution in [2.24, 2.45) is 0 Å². The molecule has 0 aliphatic rings. The Balaban J connectivity index is 1.80. The number of carbonyl (C=O) groups excluding carboxylic acids is 1. The lowest BCUT2D eigenvalue weighted by Crippen LogP contribution is -2.40. The molecule has 1 amide bonds. The SMILES string of the molecule is Cc1ccccc1CSCCCNC(=O)CN(c1ccc(F)c(Cl)c1)S(C)(=O)=O. The van der Waals surface area contributed by atoms with Gasteiger partial charge in [-0.2, -0.15) is 11.8 Å². The first-order chi connectivity index (χ1) is 13.7. The summed E-state index contributed by atoms with van der Waals surface area (Å²) in [6.45, 7) is 2.14. The molecular weight excluding hydrogens is 435 g/mol. The van der Waals surface area contributed by atoms with E-state index >= 15 is 0 Å². The van der Waals surface area contributed by atoms with Gasteiger partial charge in [0.2, 0.25) is 15.9 Å². The lowest BCUT2D eigenvalue weighted by Gasteiger charge is -2.22. The maximum Gasteiger partial charge on any atom is 0.240 e. The standard InChI is InChI=1S/C20H24ClFN2O3S2/c1-15-6-3-4-7-16(15)14-28-11-5-10-23-20(25)13-24(29(2,26)27)17-8-9-19(22)18(21)12-17/h3-4,6-9,12H,5,10-11,13-14H2,1-2H3,(H,23,25). The highest BCUT2D eigenvalue weighted by Crippen LogP contribution is 2.24. The second-order valence-corrected chi connectivity index (χ2v) is 9.97. The summed E-state index contributed by atoms with van der Waals surface area (Å²) in [6.07, 6.45) is 1.75. The van der Waals surface area contributed by atoms with Crippen molar-refractivity contribution in [2.75, 3.05) is 29.4 Å². The molecule has 0 bridgehead atoms. The molecule has 0 aliphatic carbocycles. The number of aryl methyl sites for hydroxylation is 1. The van der Waals surface area contributed by atoms with Crippen molar-refractivity contribution in [1.82, 2.24) is 5.32 Å². The fourth-order valence-corrected chi connectivity index (χ4v) is 4.64. The van der Waals surface area contributed by atoms with Crippen LogP contribution in [0.15, 0.2) is 42.5 Å². The molecule has 0 fully saturated rings. The van der Waals surface area contributed by atoms with Gasteiger partial charge < -0.3 is 5.32 Å². The van der Waals surface area contributed by atoms with Crippen molar-refractivity contribution < 1.29 is 17.6 Å². The number of rotatable bonds is 10. The molecule has 1 N–H and O–H groups in total. The van der Waals surface area contributed by atoms with Gasteiger partial charge in [-0.05, 0) is 48.4 Å². The Kier molecular flexibility index (Phi) is 8.79. The average molecular weight is 459 g/mol. The first kappa shape index (κ1) is 23.5. The van der Waals surface area contributed by atoms with Gasteiger partial charge in [-0.1, -0.05) is 35.9 Å². The Morgan fingerprint density at radius 1 is 1.24 bits per heavy atom. The Morgan fingerprint density at radius 3 is 2.62 bits per heavy atom. The molecule has 158 valence electrons. The summed E-state index contributed by atoms with van der Waals surface area (Å²) in [6, 6.07) is 11.7. The third-order valence-corrected chi connectivity index (χ3v) is 6.71. The van der Waals surface area contributed by atoms with Crippen molar-refractivity contribution in [1.29, 1.82) is 0 Å². The van der Waals surface area contributed by atoms with Gasteiger partial charge in [0, 0.05) is 12.3 Å². The van der Waals surface area contributed by atoms with Gasteiger partial charge in [-0.3, -0.25) is 9.10 Å². The highest BCUT2D eigenvalue weighted by Gasteiger charge is 2.21. The van der Waals surface area contributed by atoms with E-state index in [1.54, 1.807) is 11.8 Å². The normalized spacial score (nSPS) is 11.3. The van der Waals surface area contributed by atoms with E-state index in [1.165, 1.54) is 23.3 Å². The minimum atomic E-state index is -3.73. The number of hydrogen-bond acceptors (Lipinski definition) is 4. The van der Waals surface area contributed by atoms with Crippen LogP contribution in [0.5, 0.6) is 0 Å². The number of nitrogens with zero attached hydrogens (tertiary/aromatic N) is 1. The minimum absolute atomic E-state index is 0.142. The third kappa shape index (κ3) is 7.53. The molecule has 0 spiro atoms. The average Bonchev–Trinajstić information content (AvgIpc) is 2.65. The number of carbonyl (C=O) groups is 1. The third-order valence-electron chi connectivity index (χ3n) is 4.19. The topological polar surface area (TPSA) is 66.5 Å². The van der Waals surface area contributed by atoms with Crippen molar-refractivity contribution in [2.45, 2.75) is 19.1 Å². The lowest BCUT2D eigenvalue weighted by atomic mass is 10.1. The van der Waals surface area contributed by atoms with E-state index in [0.717, 1.165) is 34.6 Å². The number of amides is 1. The van der Waals surface area contributed by atoms with Gasteiger partial charge in [0.1, 0.15) is 12.4 Å². The largest absolute Gasteiger partial charge is 0.354 e. The molecule has 5 nitrogen and oxygen atoms in total. The molecule has 2 aromatic carbocycles. The number of sulfonamides is 1. The second kappa shape index (κ2) is 10.8. The monoisotopic (exact) mass is 458 g/mol. The van der Waals surface area contributed by atoms with Crippen LogP contribution in [0.2, 0.25) is 5.02 Å². The summed E-state index contributed by atoms with van der Waals surface area (Å²) in [5.41, 5.74) is 2.70. The van der Waals surface area contributed by atoms with Crippen LogP contribution in [0.3, 0.4) is 0 Å². The van der Waals surface area contributed by atoms with Crippen LogP contribution in [-0.4, -0.2) is 39.4 Å². The summed E-state index contributed by atoms with van der Waals surface area (Å²) in [5, 5.41) is 2.52. The molecule has 0 saturated heterocycles. The number of thioether (sulfide) groups is 1. The van der Waals surface area contributed by atoms with Gasteiger partial charge >= 0.3 is 0 Å². The molecule has 9 heteroatoms. The summed E-state index contributed by atoms with van der Waals surface area (Å²) >= 11 is 7.51. The zero-order chi connectivity index (χ0) is 21.4. The van der Waals surface area contributed by atoms with Crippen LogP contribution in [0, 0.1) is 12.7 Å². The highest BCUT2D eigenvalue weighted by atomic mass is 35.5. The number of benzene rings is 2. The number of hydrogen-bond donors (Lipinski definition) is 1. The lowest BCUT2D eigenvalue weighted by molar-refractivity contribution is -0.119. The maximum absolute atomic E-state index is 13.3. The summed E-state index contributed by atoms with van der Waals surface area (Å²) in [7, 11) is -3.73. The Bertz CT molecular complexity index is 954. The Hall–Kier alpha value is -1.77. The quantitative estimate of drug-likeness (QED) is 0.546. The predicted molar refractivity (Wildman–Crippen MR) is 119 cm³/mol. The number of anilines is 1. The smallest absolute Gasteiger partial charge is 0.240 e. The minimum Gasteiger partial charge on any atom is -0.354 e. The van der Waals surface area contributed by atoms with E-state index in [9.17, 15) is 17.6 Å². The zero-order valence-corrected chi connectivity index (χ0v) is 18.7. The van der Waals surface area contributed by atoms with E-state index in [-0.39, 0.29) is 10.7 Å². The molecule has 0 radical (unpaired) electrons. The van der Waals surface area contributed by atoms with E-state index in [4.69, 9.17) is 11.6 Å². The molecule has 0 aromatic heterocycles. The zero-order valence-electron chi connectivity index (χ0n) is 16.3. The first-order valence-electron chi connectivity index (χ1n) is 9.00. The Morgan fingerprint density at radius 2 is 1.97 bits per heavy atom. The predicted octanol–water partition coefficient (Wildman–Crippen LogP) is 3.99. The van der Waals surface area contributed by atoms with Crippen LogP contribution in [0.25, 0.3) is 0 Å². The first-order valence-corrected chi connectivity index (χ1v) is 12.4. The molecule has 0 saturated carbocycles. The van der Waals surface area contributed by atoms with Crippen LogP contribution in [-0.2, 0) is 20.6 Å². The van der Waals surface area contributed by atoms with Gasteiger partial charge in [-0.25, -0.2) is 12.8 Å². The van der Waals surface area contributed by atoms with E-state index in [0.29, 0.717) is 6.54 Å². The van der Waals surface area contributed by atoms with Gasteiger partial charge in [0.15, 0.2) is 0 Å². The molecule has 2 aromatic rings. The molecule has 0 aliphatic heterocycles. The Labute approximate surface area is 180 Å². The number of halogens is 2. The molecule has 0 unspecified atom stereocenters. The van der Waals surface area contributed by atoms with Crippen LogP contribution < -0.4 is 9.62 Å².